The number of nitrogens with zero attached hydrogens (tertiary/aromatic N) is 2. The van der Waals surface area contributed by atoms with Crippen molar-refractivity contribution in [3.05, 3.63) is 29.8 Å². The molecule has 0 amide bonds. The van der Waals surface area contributed by atoms with Gasteiger partial charge in [-0.25, -0.2) is 4.79 Å². The van der Waals surface area contributed by atoms with Crippen molar-refractivity contribution in [2.75, 3.05) is 24.4 Å². The Kier molecular flexibility index (Phi) is 3.77. The largest absolute Gasteiger partial charge is 0.478 e. The maximum Gasteiger partial charge on any atom is 0.335 e. The third-order valence-electron chi connectivity index (χ3n) is 3.22. The van der Waals surface area contributed by atoms with Gasteiger partial charge in [-0.2, -0.15) is 12.7 Å². The second-order valence-electron chi connectivity index (χ2n) is 4.43. The van der Waals surface area contributed by atoms with Gasteiger partial charge in [0.1, 0.15) is 0 Å². The van der Waals surface area contributed by atoms with Crippen molar-refractivity contribution in [2.24, 2.45) is 0 Å². The van der Waals surface area contributed by atoms with E-state index >= 15 is 0 Å². The van der Waals surface area contributed by atoms with Crippen molar-refractivity contribution >= 4 is 21.9 Å². The van der Waals surface area contributed by atoms with Gasteiger partial charge in [-0.05, 0) is 37.1 Å². The van der Waals surface area contributed by atoms with E-state index in [-0.39, 0.29) is 5.56 Å². The highest BCUT2D eigenvalue weighted by molar-refractivity contribution is 7.90. The zero-order chi connectivity index (χ0) is 14.0. The SMILES string of the molecule is CN(c1ccc(C(=O)O)cc1)S(=O)(=O)N1CCCC1. The monoisotopic (exact) mass is 284 g/mol. The molecule has 0 aliphatic carbocycles. The fourth-order valence-corrected chi connectivity index (χ4v) is 3.49. The lowest BCUT2D eigenvalue weighted by atomic mass is 10.2. The summed E-state index contributed by atoms with van der Waals surface area (Å²) in [6.07, 6.45) is 1.76. The van der Waals surface area contributed by atoms with Gasteiger partial charge in [0, 0.05) is 20.1 Å². The molecule has 7 heteroatoms. The van der Waals surface area contributed by atoms with Gasteiger partial charge in [0.05, 0.1) is 11.3 Å². The van der Waals surface area contributed by atoms with Crippen molar-refractivity contribution in [1.29, 1.82) is 0 Å². The topological polar surface area (TPSA) is 77.9 Å². The molecule has 104 valence electrons. The third kappa shape index (κ3) is 2.71. The molecule has 1 aliphatic rings. The number of carboxylic acid groups (broad SMARTS) is 1. The molecule has 1 heterocycles. The summed E-state index contributed by atoms with van der Waals surface area (Å²) in [6, 6.07) is 5.79. The predicted molar refractivity (Wildman–Crippen MR) is 71.5 cm³/mol. The van der Waals surface area contributed by atoms with Crippen molar-refractivity contribution in [3.63, 3.8) is 0 Å². The Labute approximate surface area is 112 Å². The van der Waals surface area contributed by atoms with E-state index in [0.29, 0.717) is 18.8 Å². The van der Waals surface area contributed by atoms with Crippen LogP contribution in [0.2, 0.25) is 0 Å². The van der Waals surface area contributed by atoms with Crippen LogP contribution in [0.1, 0.15) is 23.2 Å². The van der Waals surface area contributed by atoms with Gasteiger partial charge in [-0.15, -0.1) is 0 Å². The fourth-order valence-electron chi connectivity index (χ4n) is 2.04. The fraction of sp³-hybridized carbons (Fsp3) is 0.417. The van der Waals surface area contributed by atoms with Crippen molar-refractivity contribution in [2.45, 2.75) is 12.8 Å². The van der Waals surface area contributed by atoms with Gasteiger partial charge in [-0.1, -0.05) is 0 Å². The van der Waals surface area contributed by atoms with Gasteiger partial charge in [0.2, 0.25) is 0 Å². The minimum atomic E-state index is -3.51. The van der Waals surface area contributed by atoms with Gasteiger partial charge in [0.15, 0.2) is 0 Å². The standard InChI is InChI=1S/C12H16N2O4S/c1-13(19(17,18)14-8-2-3-9-14)11-6-4-10(5-7-11)12(15)16/h4-7H,2-3,8-9H2,1H3,(H,15,16). The number of carbonyl (C=O) groups is 1. The summed E-state index contributed by atoms with van der Waals surface area (Å²) in [5.41, 5.74) is 0.590. The van der Waals surface area contributed by atoms with Crippen LogP contribution in [0.5, 0.6) is 0 Å². The number of benzene rings is 1. The molecule has 6 nitrogen and oxygen atoms in total. The predicted octanol–water partition coefficient (Wildman–Crippen LogP) is 1.16. The zero-order valence-corrected chi connectivity index (χ0v) is 11.4. The molecule has 0 unspecified atom stereocenters. The summed E-state index contributed by atoms with van der Waals surface area (Å²) < 4.78 is 27.2. The molecule has 0 atom stereocenters. The molecule has 1 saturated heterocycles. The van der Waals surface area contributed by atoms with E-state index < -0.39 is 16.2 Å². The first-order valence-electron chi connectivity index (χ1n) is 6.00. The Morgan fingerprint density at radius 1 is 1.21 bits per heavy atom. The highest BCUT2D eigenvalue weighted by atomic mass is 32.2. The summed E-state index contributed by atoms with van der Waals surface area (Å²) >= 11 is 0. The minimum absolute atomic E-state index is 0.135. The Hall–Kier alpha value is -1.60. The number of hydrogen-bond acceptors (Lipinski definition) is 3. The second-order valence-corrected chi connectivity index (χ2v) is 6.39. The molecule has 0 saturated carbocycles. The van der Waals surface area contributed by atoms with Crippen molar-refractivity contribution in [3.8, 4) is 0 Å². The highest BCUT2D eigenvalue weighted by Gasteiger charge is 2.29. The van der Waals surface area contributed by atoms with Crippen LogP contribution in [0.15, 0.2) is 24.3 Å². The number of rotatable bonds is 4. The van der Waals surface area contributed by atoms with Crippen LogP contribution < -0.4 is 4.31 Å². The van der Waals surface area contributed by atoms with E-state index in [1.807, 2.05) is 0 Å². The van der Waals surface area contributed by atoms with Crippen molar-refractivity contribution in [1.82, 2.24) is 4.31 Å². The Morgan fingerprint density at radius 3 is 2.21 bits per heavy atom. The van der Waals surface area contributed by atoms with E-state index in [1.54, 1.807) is 0 Å². The van der Waals surface area contributed by atoms with Crippen LogP contribution in [0, 0.1) is 0 Å². The molecular weight excluding hydrogens is 268 g/mol. The van der Waals surface area contributed by atoms with E-state index in [9.17, 15) is 13.2 Å². The number of aromatic carboxylic acids is 1. The van der Waals surface area contributed by atoms with Gasteiger partial charge >= 0.3 is 16.2 Å². The molecule has 19 heavy (non-hydrogen) atoms. The molecule has 2 rings (SSSR count). The quantitative estimate of drug-likeness (QED) is 0.900. The summed E-state index contributed by atoms with van der Waals surface area (Å²) in [6.45, 7) is 1.08. The van der Waals surface area contributed by atoms with Gasteiger partial charge < -0.3 is 5.11 Å². The first-order chi connectivity index (χ1) is 8.93. The van der Waals surface area contributed by atoms with E-state index in [2.05, 4.69) is 0 Å². The Balaban J connectivity index is 2.23. The average molecular weight is 284 g/mol. The highest BCUT2D eigenvalue weighted by Crippen LogP contribution is 2.22. The van der Waals surface area contributed by atoms with E-state index in [1.165, 1.54) is 39.9 Å². The van der Waals surface area contributed by atoms with Gasteiger partial charge in [0.25, 0.3) is 0 Å². The maximum atomic E-state index is 12.3. The minimum Gasteiger partial charge on any atom is -0.478 e. The third-order valence-corrected chi connectivity index (χ3v) is 5.14. The Morgan fingerprint density at radius 2 is 1.74 bits per heavy atom. The second kappa shape index (κ2) is 5.18. The lowest BCUT2D eigenvalue weighted by Crippen LogP contribution is -2.40. The summed E-state index contributed by atoms with van der Waals surface area (Å²) in [5, 5.41) is 8.81. The molecule has 0 spiro atoms. The van der Waals surface area contributed by atoms with Crippen LogP contribution >= 0.6 is 0 Å². The smallest absolute Gasteiger partial charge is 0.335 e. The van der Waals surface area contributed by atoms with Crippen LogP contribution in [-0.4, -0.2) is 43.9 Å². The number of anilines is 1. The van der Waals surface area contributed by atoms with E-state index in [0.717, 1.165) is 12.8 Å². The van der Waals surface area contributed by atoms with Crippen LogP contribution in [0.4, 0.5) is 5.69 Å². The Bertz CT molecular complexity index is 562. The van der Waals surface area contributed by atoms with Crippen LogP contribution in [0.25, 0.3) is 0 Å². The molecule has 1 aromatic rings. The molecule has 1 fully saturated rings. The normalized spacial score (nSPS) is 16.5. The van der Waals surface area contributed by atoms with E-state index in [4.69, 9.17) is 5.11 Å². The first kappa shape index (κ1) is 13.8. The summed E-state index contributed by atoms with van der Waals surface area (Å²) in [5.74, 6) is -1.03. The lowest BCUT2D eigenvalue weighted by Gasteiger charge is -2.25. The van der Waals surface area contributed by atoms with Crippen molar-refractivity contribution < 1.29 is 18.3 Å². The molecule has 0 radical (unpaired) electrons. The molecule has 0 bridgehead atoms. The summed E-state index contributed by atoms with van der Waals surface area (Å²) in [7, 11) is -2.03. The number of hydrogen-bond donors (Lipinski definition) is 1. The molecule has 1 aliphatic heterocycles. The number of carboxylic acids is 1. The maximum absolute atomic E-state index is 12.3. The molecule has 0 aromatic heterocycles. The van der Waals surface area contributed by atoms with Crippen LogP contribution in [-0.2, 0) is 10.2 Å². The molecule has 1 N–H and O–H groups in total. The average Bonchev–Trinajstić information content (AvgIpc) is 2.92. The van der Waals surface area contributed by atoms with Crippen LogP contribution in [0.3, 0.4) is 0 Å². The zero-order valence-electron chi connectivity index (χ0n) is 10.6. The summed E-state index contributed by atoms with van der Waals surface area (Å²) in [4.78, 5) is 10.7. The first-order valence-corrected chi connectivity index (χ1v) is 7.40. The van der Waals surface area contributed by atoms with Gasteiger partial charge in [-0.3, -0.25) is 4.31 Å². The lowest BCUT2D eigenvalue weighted by molar-refractivity contribution is 0.0697. The molecular formula is C12H16N2O4S. The molecule has 1 aromatic carbocycles.